The molecule has 3 aromatic rings. The predicted octanol–water partition coefficient (Wildman–Crippen LogP) is 2.20. The summed E-state index contributed by atoms with van der Waals surface area (Å²) in [4.78, 5) is 11.1. The van der Waals surface area contributed by atoms with Gasteiger partial charge in [0.05, 0.1) is 18.8 Å². The molecule has 7 heteroatoms. The van der Waals surface area contributed by atoms with Crippen LogP contribution in [0, 0.1) is 0 Å². The number of pyridine rings is 1. The SMILES string of the molecule is CC1c2ncc(CCOc3ccncc3)n2CCN1Cc1cn[nH]c1. The number of ether oxygens (including phenoxy) is 1. The molecule has 0 saturated carbocycles. The summed E-state index contributed by atoms with van der Waals surface area (Å²) in [6, 6.07) is 4.04. The first-order chi connectivity index (χ1) is 12.3. The third kappa shape index (κ3) is 3.41. The monoisotopic (exact) mass is 338 g/mol. The van der Waals surface area contributed by atoms with E-state index in [0.29, 0.717) is 12.6 Å². The molecule has 1 aliphatic heterocycles. The first-order valence-electron chi connectivity index (χ1n) is 8.60. The maximum absolute atomic E-state index is 5.79. The van der Waals surface area contributed by atoms with Gasteiger partial charge in [-0.1, -0.05) is 0 Å². The lowest BCUT2D eigenvalue weighted by atomic mass is 10.2. The van der Waals surface area contributed by atoms with Crippen molar-refractivity contribution in [3.05, 3.63) is 60.2 Å². The average Bonchev–Trinajstić information content (AvgIpc) is 3.29. The Hall–Kier alpha value is -2.67. The number of H-pyrrole nitrogens is 1. The summed E-state index contributed by atoms with van der Waals surface area (Å²) in [7, 11) is 0. The zero-order valence-electron chi connectivity index (χ0n) is 14.3. The smallest absolute Gasteiger partial charge is 0.126 e. The van der Waals surface area contributed by atoms with Crippen molar-refractivity contribution in [2.45, 2.75) is 32.5 Å². The molecule has 0 aromatic carbocycles. The summed E-state index contributed by atoms with van der Waals surface area (Å²) in [6.45, 7) is 5.72. The molecule has 1 N–H and O–H groups in total. The van der Waals surface area contributed by atoms with Crippen molar-refractivity contribution in [2.75, 3.05) is 13.2 Å². The quantitative estimate of drug-likeness (QED) is 0.746. The minimum atomic E-state index is 0.290. The zero-order chi connectivity index (χ0) is 17.1. The number of hydrogen-bond acceptors (Lipinski definition) is 5. The average molecular weight is 338 g/mol. The number of hydrogen-bond donors (Lipinski definition) is 1. The molecule has 0 amide bonds. The second-order valence-corrected chi connectivity index (χ2v) is 6.29. The molecular weight excluding hydrogens is 316 g/mol. The predicted molar refractivity (Wildman–Crippen MR) is 93.1 cm³/mol. The van der Waals surface area contributed by atoms with E-state index in [1.165, 1.54) is 11.3 Å². The van der Waals surface area contributed by atoms with Gasteiger partial charge in [0.2, 0.25) is 0 Å². The van der Waals surface area contributed by atoms with Gasteiger partial charge in [-0.2, -0.15) is 5.10 Å². The number of aromatic nitrogens is 5. The van der Waals surface area contributed by atoms with Crippen LogP contribution in [0.5, 0.6) is 5.75 Å². The molecule has 1 atom stereocenters. The van der Waals surface area contributed by atoms with Gasteiger partial charge in [0.1, 0.15) is 11.6 Å². The second-order valence-electron chi connectivity index (χ2n) is 6.29. The van der Waals surface area contributed by atoms with Crippen LogP contribution in [-0.2, 0) is 19.5 Å². The summed E-state index contributed by atoms with van der Waals surface area (Å²) in [5.74, 6) is 1.99. The van der Waals surface area contributed by atoms with Crippen molar-refractivity contribution in [2.24, 2.45) is 0 Å². The van der Waals surface area contributed by atoms with Gasteiger partial charge in [0.15, 0.2) is 0 Å². The van der Waals surface area contributed by atoms with Crippen molar-refractivity contribution in [1.29, 1.82) is 0 Å². The third-order valence-electron chi connectivity index (χ3n) is 4.72. The van der Waals surface area contributed by atoms with Crippen molar-refractivity contribution in [1.82, 2.24) is 29.6 Å². The number of nitrogens with one attached hydrogen (secondary N) is 1. The summed E-state index contributed by atoms with van der Waals surface area (Å²) in [5, 5.41) is 6.91. The van der Waals surface area contributed by atoms with Crippen molar-refractivity contribution >= 4 is 0 Å². The molecule has 4 heterocycles. The summed E-state index contributed by atoms with van der Waals surface area (Å²) < 4.78 is 8.13. The van der Waals surface area contributed by atoms with Crippen LogP contribution >= 0.6 is 0 Å². The number of aromatic amines is 1. The Kier molecular flexibility index (Phi) is 4.47. The van der Waals surface area contributed by atoms with E-state index >= 15 is 0 Å². The summed E-state index contributed by atoms with van der Waals surface area (Å²) in [5.41, 5.74) is 2.44. The summed E-state index contributed by atoms with van der Waals surface area (Å²) >= 11 is 0. The molecule has 7 nitrogen and oxygen atoms in total. The van der Waals surface area contributed by atoms with E-state index in [4.69, 9.17) is 4.74 Å². The molecule has 3 aromatic heterocycles. The number of nitrogens with zero attached hydrogens (tertiary/aromatic N) is 5. The molecule has 4 rings (SSSR count). The lowest BCUT2D eigenvalue weighted by Crippen LogP contribution is -2.37. The van der Waals surface area contributed by atoms with Crippen LogP contribution in [0.1, 0.15) is 30.0 Å². The van der Waals surface area contributed by atoms with Gasteiger partial charge in [-0.05, 0) is 19.1 Å². The molecule has 0 aliphatic carbocycles. The van der Waals surface area contributed by atoms with Crippen molar-refractivity contribution in [3.63, 3.8) is 0 Å². The zero-order valence-corrected chi connectivity index (χ0v) is 14.3. The Morgan fingerprint density at radius 1 is 1.24 bits per heavy atom. The molecule has 1 unspecified atom stereocenters. The van der Waals surface area contributed by atoms with E-state index in [2.05, 4.69) is 36.6 Å². The molecule has 0 bridgehead atoms. The van der Waals surface area contributed by atoms with Gasteiger partial charge < -0.3 is 9.30 Å². The fourth-order valence-corrected chi connectivity index (χ4v) is 3.33. The topological polar surface area (TPSA) is 71.9 Å². The molecular formula is C18H22N6O. The van der Waals surface area contributed by atoms with E-state index in [9.17, 15) is 0 Å². The first kappa shape index (κ1) is 15.8. The van der Waals surface area contributed by atoms with Gasteiger partial charge in [-0.3, -0.25) is 15.0 Å². The Morgan fingerprint density at radius 3 is 2.92 bits per heavy atom. The fourth-order valence-electron chi connectivity index (χ4n) is 3.33. The highest BCUT2D eigenvalue weighted by Crippen LogP contribution is 2.26. The molecule has 0 radical (unpaired) electrons. The van der Waals surface area contributed by atoms with E-state index in [1.54, 1.807) is 12.4 Å². The van der Waals surface area contributed by atoms with Crippen LogP contribution in [0.15, 0.2) is 43.1 Å². The standard InChI is InChI=1S/C18H22N6O/c1-14-18-20-12-16(4-9-25-17-2-5-19-6-3-17)24(18)8-7-23(14)13-15-10-21-22-11-15/h2-3,5-6,10-12,14H,4,7-9,13H2,1H3,(H,21,22). The van der Waals surface area contributed by atoms with Crippen LogP contribution < -0.4 is 4.74 Å². The largest absolute Gasteiger partial charge is 0.493 e. The van der Waals surface area contributed by atoms with Gasteiger partial charge in [0.25, 0.3) is 0 Å². The third-order valence-corrected chi connectivity index (χ3v) is 4.72. The Bertz CT molecular complexity index is 798. The minimum absolute atomic E-state index is 0.290. The lowest BCUT2D eigenvalue weighted by Gasteiger charge is -2.34. The van der Waals surface area contributed by atoms with Gasteiger partial charge in [-0.25, -0.2) is 4.98 Å². The van der Waals surface area contributed by atoms with E-state index in [-0.39, 0.29) is 0 Å². The van der Waals surface area contributed by atoms with Gasteiger partial charge in [-0.15, -0.1) is 0 Å². The molecule has 0 saturated heterocycles. The molecule has 1 aliphatic rings. The Labute approximate surface area is 146 Å². The van der Waals surface area contributed by atoms with Crippen molar-refractivity contribution < 1.29 is 4.74 Å². The van der Waals surface area contributed by atoms with Crippen LogP contribution in [-0.4, -0.2) is 42.8 Å². The van der Waals surface area contributed by atoms with Gasteiger partial charge in [0, 0.05) is 62.1 Å². The molecule has 0 spiro atoms. The highest BCUT2D eigenvalue weighted by atomic mass is 16.5. The van der Waals surface area contributed by atoms with Crippen LogP contribution in [0.25, 0.3) is 0 Å². The second kappa shape index (κ2) is 7.06. The molecule has 130 valence electrons. The lowest BCUT2D eigenvalue weighted by molar-refractivity contribution is 0.154. The fraction of sp³-hybridized carbons (Fsp3) is 0.389. The van der Waals surface area contributed by atoms with Gasteiger partial charge >= 0.3 is 0 Å². The molecule has 0 fully saturated rings. The highest BCUT2D eigenvalue weighted by Gasteiger charge is 2.27. The van der Waals surface area contributed by atoms with E-state index in [1.807, 2.05) is 30.7 Å². The Balaban J connectivity index is 1.39. The van der Waals surface area contributed by atoms with E-state index < -0.39 is 0 Å². The van der Waals surface area contributed by atoms with E-state index in [0.717, 1.165) is 37.6 Å². The highest BCUT2D eigenvalue weighted by molar-refractivity contribution is 5.17. The minimum Gasteiger partial charge on any atom is -0.493 e. The maximum Gasteiger partial charge on any atom is 0.126 e. The Morgan fingerprint density at radius 2 is 2.12 bits per heavy atom. The normalized spacial score (nSPS) is 17.4. The number of fused-ring (bicyclic) bond motifs is 1. The first-order valence-corrected chi connectivity index (χ1v) is 8.60. The summed E-state index contributed by atoms with van der Waals surface area (Å²) in [6.07, 6.45) is 10.2. The number of rotatable bonds is 6. The van der Waals surface area contributed by atoms with Crippen molar-refractivity contribution in [3.8, 4) is 5.75 Å². The molecule has 25 heavy (non-hydrogen) atoms. The van der Waals surface area contributed by atoms with Crippen LogP contribution in [0.3, 0.4) is 0 Å². The van der Waals surface area contributed by atoms with Crippen LogP contribution in [0.4, 0.5) is 0 Å². The number of imidazole rings is 1. The maximum atomic E-state index is 5.79. The van der Waals surface area contributed by atoms with Crippen LogP contribution in [0.2, 0.25) is 0 Å².